The van der Waals surface area contributed by atoms with Crippen molar-refractivity contribution in [2.75, 3.05) is 6.61 Å². The zero-order valence-electron chi connectivity index (χ0n) is 19.7. The highest BCUT2D eigenvalue weighted by atomic mass is 17.0. The van der Waals surface area contributed by atoms with Gasteiger partial charge in [-0.2, -0.15) is 0 Å². The van der Waals surface area contributed by atoms with Crippen molar-refractivity contribution < 1.29 is 43.1 Å². The summed E-state index contributed by atoms with van der Waals surface area (Å²) in [4.78, 5) is 60.6. The average Bonchev–Trinajstić information content (AvgIpc) is 3.23. The van der Waals surface area contributed by atoms with E-state index in [1.807, 2.05) is 0 Å². The molecule has 0 spiro atoms. The molecule has 3 aromatic carbocycles. The fourth-order valence-corrected chi connectivity index (χ4v) is 3.46. The molecule has 0 N–H and O–H groups in total. The molecular formula is C27H23NO9. The molecule has 1 heterocycles. The van der Waals surface area contributed by atoms with Gasteiger partial charge < -0.3 is 19.0 Å². The third kappa shape index (κ3) is 6.57. The van der Waals surface area contributed by atoms with Gasteiger partial charge in [0.25, 0.3) is 6.23 Å². The van der Waals surface area contributed by atoms with Gasteiger partial charge in [-0.25, -0.2) is 14.4 Å². The first-order chi connectivity index (χ1) is 17.9. The lowest BCUT2D eigenvalue weighted by atomic mass is 10.1. The Morgan fingerprint density at radius 1 is 0.703 bits per heavy atom. The van der Waals surface area contributed by atoms with Crippen LogP contribution in [0.1, 0.15) is 38.0 Å². The van der Waals surface area contributed by atoms with Gasteiger partial charge >= 0.3 is 23.9 Å². The second-order valence-electron chi connectivity index (χ2n) is 7.87. The largest absolute Gasteiger partial charge is 0.459 e. The summed E-state index contributed by atoms with van der Waals surface area (Å²) in [5, 5.41) is 0.632. The number of hydrogen-bond acceptors (Lipinski definition) is 10. The van der Waals surface area contributed by atoms with Gasteiger partial charge in [0, 0.05) is 12.2 Å². The second kappa shape index (κ2) is 11.9. The number of nitrogens with zero attached hydrogens (tertiary/aromatic N) is 1. The van der Waals surface area contributed by atoms with E-state index in [1.165, 1.54) is 24.3 Å². The summed E-state index contributed by atoms with van der Waals surface area (Å²) in [6.07, 6.45) is -4.00. The minimum absolute atomic E-state index is 0.206. The van der Waals surface area contributed by atoms with Crippen molar-refractivity contribution >= 4 is 23.9 Å². The van der Waals surface area contributed by atoms with E-state index in [0.29, 0.717) is 10.8 Å². The van der Waals surface area contributed by atoms with E-state index in [1.54, 1.807) is 66.7 Å². The van der Waals surface area contributed by atoms with Crippen molar-refractivity contribution in [3.63, 3.8) is 0 Å². The molecule has 3 aromatic rings. The van der Waals surface area contributed by atoms with Crippen molar-refractivity contribution in [2.24, 2.45) is 0 Å². The zero-order valence-corrected chi connectivity index (χ0v) is 19.7. The molecule has 1 aliphatic heterocycles. The summed E-state index contributed by atoms with van der Waals surface area (Å²) in [5.74, 6) is -2.97. The first-order valence-corrected chi connectivity index (χ1v) is 11.3. The standard InChI is InChI=1S/C27H23NO9/c1-18(29)36-28-24(35-27(32)21-15-9-4-10-16-21)23(34-26(31)20-13-7-3-8-14-20)22(37-28)17-33-25(30)19-11-5-2-6-12-19/h2-16,22-24H,17H2,1H3/t22-,23-,24+/m0/s1. The van der Waals surface area contributed by atoms with E-state index in [0.717, 1.165) is 6.92 Å². The SMILES string of the molecule is CC(=O)ON1O[C@@H](COC(=O)c2ccccc2)[C@H](OC(=O)c2ccccc2)[C@H]1OC(=O)c1ccccc1. The maximum atomic E-state index is 12.9. The molecule has 0 amide bonds. The normalized spacial score (nSPS) is 19.0. The Morgan fingerprint density at radius 2 is 1.16 bits per heavy atom. The third-order valence-corrected chi connectivity index (χ3v) is 5.19. The van der Waals surface area contributed by atoms with Crippen molar-refractivity contribution in [3.05, 3.63) is 108 Å². The highest BCUT2D eigenvalue weighted by Crippen LogP contribution is 2.28. The minimum Gasteiger partial charge on any atom is -0.459 e. The predicted molar refractivity (Wildman–Crippen MR) is 126 cm³/mol. The van der Waals surface area contributed by atoms with Crippen LogP contribution in [0.25, 0.3) is 0 Å². The van der Waals surface area contributed by atoms with Gasteiger partial charge in [-0.1, -0.05) is 54.6 Å². The summed E-state index contributed by atoms with van der Waals surface area (Å²) in [5.41, 5.74) is 0.723. The Kier molecular flexibility index (Phi) is 8.24. The fraction of sp³-hybridized carbons (Fsp3) is 0.185. The highest BCUT2D eigenvalue weighted by Gasteiger charge is 2.51. The van der Waals surface area contributed by atoms with Crippen molar-refractivity contribution in [1.29, 1.82) is 0 Å². The van der Waals surface area contributed by atoms with Crippen LogP contribution in [0.15, 0.2) is 91.0 Å². The molecule has 0 aliphatic carbocycles. The highest BCUT2D eigenvalue weighted by molar-refractivity contribution is 5.90. The molecule has 10 nitrogen and oxygen atoms in total. The van der Waals surface area contributed by atoms with Crippen LogP contribution in [0.2, 0.25) is 0 Å². The van der Waals surface area contributed by atoms with Gasteiger partial charge in [0.15, 0.2) is 12.2 Å². The van der Waals surface area contributed by atoms with E-state index in [2.05, 4.69) is 0 Å². The summed E-state index contributed by atoms with van der Waals surface area (Å²) in [6.45, 7) is 0.713. The Bertz CT molecular complexity index is 1230. The molecule has 1 aliphatic rings. The molecule has 37 heavy (non-hydrogen) atoms. The Balaban J connectivity index is 1.58. The Morgan fingerprint density at radius 3 is 1.65 bits per heavy atom. The first kappa shape index (κ1) is 25.5. The summed E-state index contributed by atoms with van der Waals surface area (Å²) >= 11 is 0. The van der Waals surface area contributed by atoms with Crippen LogP contribution in [-0.2, 0) is 28.7 Å². The van der Waals surface area contributed by atoms with Crippen molar-refractivity contribution in [2.45, 2.75) is 25.4 Å². The van der Waals surface area contributed by atoms with Gasteiger partial charge in [0.05, 0.1) is 16.7 Å². The molecule has 10 heteroatoms. The predicted octanol–water partition coefficient (Wildman–Crippen LogP) is 3.35. The van der Waals surface area contributed by atoms with E-state index < -0.39 is 48.9 Å². The van der Waals surface area contributed by atoms with Crippen LogP contribution >= 0.6 is 0 Å². The van der Waals surface area contributed by atoms with Gasteiger partial charge in [-0.15, -0.1) is 0 Å². The molecular weight excluding hydrogens is 482 g/mol. The van der Waals surface area contributed by atoms with E-state index in [4.69, 9.17) is 23.9 Å². The lowest BCUT2D eigenvalue weighted by molar-refractivity contribution is -0.371. The maximum Gasteiger partial charge on any atom is 0.340 e. The fourth-order valence-electron chi connectivity index (χ4n) is 3.46. The lowest BCUT2D eigenvalue weighted by Crippen LogP contribution is -2.43. The van der Waals surface area contributed by atoms with Crippen molar-refractivity contribution in [1.82, 2.24) is 5.23 Å². The van der Waals surface area contributed by atoms with Gasteiger partial charge in [-0.3, -0.25) is 9.63 Å². The third-order valence-electron chi connectivity index (χ3n) is 5.19. The topological polar surface area (TPSA) is 118 Å². The number of carbonyl (C=O) groups excluding carboxylic acids is 4. The summed E-state index contributed by atoms with van der Waals surface area (Å²) < 4.78 is 16.6. The number of hydrogen-bond donors (Lipinski definition) is 0. The van der Waals surface area contributed by atoms with E-state index in [-0.39, 0.29) is 11.1 Å². The van der Waals surface area contributed by atoms with Crippen LogP contribution in [0.4, 0.5) is 0 Å². The molecule has 0 saturated carbocycles. The monoisotopic (exact) mass is 505 g/mol. The number of rotatable bonds is 8. The van der Waals surface area contributed by atoms with Crippen molar-refractivity contribution in [3.8, 4) is 0 Å². The second-order valence-corrected chi connectivity index (χ2v) is 7.87. The van der Waals surface area contributed by atoms with Gasteiger partial charge in [0.1, 0.15) is 6.61 Å². The van der Waals surface area contributed by atoms with E-state index >= 15 is 0 Å². The first-order valence-electron chi connectivity index (χ1n) is 11.3. The number of hydroxylamine groups is 2. The smallest absolute Gasteiger partial charge is 0.340 e. The lowest BCUT2D eigenvalue weighted by Gasteiger charge is -2.23. The molecule has 0 radical (unpaired) electrons. The molecule has 1 fully saturated rings. The molecule has 0 unspecified atom stereocenters. The number of carbonyl (C=O) groups is 4. The molecule has 3 atom stereocenters. The average molecular weight is 505 g/mol. The molecule has 0 aromatic heterocycles. The quantitative estimate of drug-likeness (QED) is 0.333. The summed E-state index contributed by atoms with van der Waals surface area (Å²) in [6, 6.07) is 24.4. The number of esters is 3. The minimum atomic E-state index is -1.50. The van der Waals surface area contributed by atoms with Gasteiger partial charge in [0.2, 0.25) is 0 Å². The van der Waals surface area contributed by atoms with E-state index in [9.17, 15) is 19.2 Å². The Labute approximate surface area is 212 Å². The van der Waals surface area contributed by atoms with Crippen LogP contribution in [-0.4, -0.2) is 54.1 Å². The molecule has 1 saturated heterocycles. The van der Waals surface area contributed by atoms with Crippen LogP contribution in [0.5, 0.6) is 0 Å². The number of benzene rings is 3. The number of ether oxygens (including phenoxy) is 3. The molecule has 4 rings (SSSR count). The molecule has 0 bridgehead atoms. The van der Waals surface area contributed by atoms with Crippen LogP contribution in [0, 0.1) is 0 Å². The van der Waals surface area contributed by atoms with Crippen LogP contribution in [0.3, 0.4) is 0 Å². The Hall–Kier alpha value is -4.54. The maximum absolute atomic E-state index is 12.9. The zero-order chi connectivity index (χ0) is 26.2. The summed E-state index contributed by atoms with van der Waals surface area (Å²) in [7, 11) is 0. The van der Waals surface area contributed by atoms with Gasteiger partial charge in [-0.05, 0) is 36.4 Å². The van der Waals surface area contributed by atoms with Crippen LogP contribution < -0.4 is 0 Å². The molecule has 190 valence electrons.